The minimum absolute atomic E-state index is 0.0102. The third-order valence-corrected chi connectivity index (χ3v) is 5.52. The molecule has 4 rings (SSSR count). The molecular formula is C20H23NO2. The SMILES string of the molecule is CN[C@H]1[C@@H](C(O)(c2ccccc2)c2ccccc2)[C@@H]2CC[C@H]1O2. The maximum absolute atomic E-state index is 12.0. The molecule has 2 heterocycles. The minimum atomic E-state index is -1.05. The molecule has 2 saturated heterocycles. The number of hydrogen-bond donors (Lipinski definition) is 2. The summed E-state index contributed by atoms with van der Waals surface area (Å²) in [6.45, 7) is 0. The van der Waals surface area contributed by atoms with E-state index in [1.807, 2.05) is 67.7 Å². The lowest BCUT2D eigenvalue weighted by Crippen LogP contribution is -2.53. The fraction of sp³-hybridized carbons (Fsp3) is 0.400. The minimum Gasteiger partial charge on any atom is -0.380 e. The number of likely N-dealkylation sites (N-methyl/N-ethyl adjacent to an activating group) is 1. The second-order valence-electron chi connectivity index (χ2n) is 6.63. The van der Waals surface area contributed by atoms with Crippen molar-refractivity contribution in [3.05, 3.63) is 71.8 Å². The van der Waals surface area contributed by atoms with Crippen molar-refractivity contribution < 1.29 is 9.84 Å². The molecule has 3 heteroatoms. The van der Waals surface area contributed by atoms with Gasteiger partial charge in [-0.1, -0.05) is 60.7 Å². The van der Waals surface area contributed by atoms with Crippen LogP contribution in [0, 0.1) is 5.92 Å². The predicted octanol–water partition coefficient (Wildman–Crippen LogP) is 2.69. The highest BCUT2D eigenvalue weighted by molar-refractivity contribution is 5.39. The molecule has 2 N–H and O–H groups in total. The van der Waals surface area contributed by atoms with Crippen LogP contribution in [-0.2, 0) is 10.3 Å². The molecule has 23 heavy (non-hydrogen) atoms. The highest BCUT2D eigenvalue weighted by Crippen LogP contribution is 2.50. The fourth-order valence-electron chi connectivity index (χ4n) is 4.51. The Morgan fingerprint density at radius 3 is 1.96 bits per heavy atom. The normalized spacial score (nSPS) is 29.8. The van der Waals surface area contributed by atoms with E-state index in [1.54, 1.807) is 0 Å². The zero-order valence-corrected chi connectivity index (χ0v) is 13.4. The highest BCUT2D eigenvalue weighted by Gasteiger charge is 2.58. The average Bonchev–Trinajstić information content (AvgIpc) is 3.23. The van der Waals surface area contributed by atoms with Gasteiger partial charge in [0.15, 0.2) is 0 Å². The lowest BCUT2D eigenvalue weighted by molar-refractivity contribution is -0.0244. The van der Waals surface area contributed by atoms with Gasteiger partial charge in [0.2, 0.25) is 0 Å². The number of ether oxygens (including phenoxy) is 1. The first-order valence-corrected chi connectivity index (χ1v) is 8.41. The molecule has 0 unspecified atom stereocenters. The summed E-state index contributed by atoms with van der Waals surface area (Å²) in [6, 6.07) is 20.2. The van der Waals surface area contributed by atoms with Crippen LogP contribution in [0.2, 0.25) is 0 Å². The first-order chi connectivity index (χ1) is 11.2. The second-order valence-corrected chi connectivity index (χ2v) is 6.63. The highest BCUT2D eigenvalue weighted by atomic mass is 16.5. The Morgan fingerprint density at radius 1 is 0.913 bits per heavy atom. The summed E-state index contributed by atoms with van der Waals surface area (Å²) in [5, 5.41) is 15.4. The van der Waals surface area contributed by atoms with Crippen LogP contribution in [0.3, 0.4) is 0 Å². The molecule has 2 aliphatic heterocycles. The van der Waals surface area contributed by atoms with E-state index in [2.05, 4.69) is 5.32 Å². The lowest BCUT2D eigenvalue weighted by atomic mass is 9.67. The monoisotopic (exact) mass is 309 g/mol. The average molecular weight is 309 g/mol. The molecule has 120 valence electrons. The maximum atomic E-state index is 12.0. The van der Waals surface area contributed by atoms with Crippen LogP contribution < -0.4 is 5.32 Å². The Bertz CT molecular complexity index is 618. The summed E-state index contributed by atoms with van der Waals surface area (Å²) in [4.78, 5) is 0. The van der Waals surface area contributed by atoms with Crippen molar-refractivity contribution >= 4 is 0 Å². The van der Waals surface area contributed by atoms with Crippen LogP contribution in [0.1, 0.15) is 24.0 Å². The molecule has 2 bridgehead atoms. The number of fused-ring (bicyclic) bond motifs is 2. The first kappa shape index (κ1) is 14.9. The molecular weight excluding hydrogens is 286 g/mol. The number of aliphatic hydroxyl groups is 1. The summed E-state index contributed by atoms with van der Waals surface area (Å²) < 4.78 is 6.16. The Hall–Kier alpha value is -1.68. The van der Waals surface area contributed by atoms with Crippen LogP contribution in [0.25, 0.3) is 0 Å². The van der Waals surface area contributed by atoms with Gasteiger partial charge in [-0.3, -0.25) is 0 Å². The second kappa shape index (κ2) is 5.75. The molecule has 4 atom stereocenters. The number of hydrogen-bond acceptors (Lipinski definition) is 3. The van der Waals surface area contributed by atoms with Crippen molar-refractivity contribution in [3.8, 4) is 0 Å². The summed E-state index contributed by atoms with van der Waals surface area (Å²) >= 11 is 0. The van der Waals surface area contributed by atoms with Gasteiger partial charge in [-0.15, -0.1) is 0 Å². The van der Waals surface area contributed by atoms with E-state index in [0.717, 1.165) is 24.0 Å². The van der Waals surface area contributed by atoms with Crippen LogP contribution in [0.5, 0.6) is 0 Å². The van der Waals surface area contributed by atoms with Crippen molar-refractivity contribution in [1.29, 1.82) is 0 Å². The fourth-order valence-corrected chi connectivity index (χ4v) is 4.51. The number of nitrogens with one attached hydrogen (secondary N) is 1. The number of benzene rings is 2. The van der Waals surface area contributed by atoms with Crippen LogP contribution in [0.15, 0.2) is 60.7 Å². The molecule has 0 spiro atoms. The topological polar surface area (TPSA) is 41.5 Å². The summed E-state index contributed by atoms with van der Waals surface area (Å²) in [5.74, 6) is 0.0102. The largest absolute Gasteiger partial charge is 0.380 e. The molecule has 3 nitrogen and oxygen atoms in total. The van der Waals surface area contributed by atoms with Gasteiger partial charge in [-0.05, 0) is 31.0 Å². The van der Waals surface area contributed by atoms with Gasteiger partial charge in [0, 0.05) is 12.0 Å². The van der Waals surface area contributed by atoms with E-state index in [1.165, 1.54) is 0 Å². The third kappa shape index (κ3) is 2.23. The van der Waals surface area contributed by atoms with Gasteiger partial charge in [0.1, 0.15) is 5.60 Å². The van der Waals surface area contributed by atoms with Crippen molar-refractivity contribution in [1.82, 2.24) is 5.32 Å². The van der Waals surface area contributed by atoms with E-state index >= 15 is 0 Å². The van der Waals surface area contributed by atoms with Crippen molar-refractivity contribution in [2.75, 3.05) is 7.05 Å². The van der Waals surface area contributed by atoms with Gasteiger partial charge < -0.3 is 15.2 Å². The molecule has 2 fully saturated rings. The molecule has 0 saturated carbocycles. The van der Waals surface area contributed by atoms with E-state index in [0.29, 0.717) is 0 Å². The Labute approximate surface area is 137 Å². The van der Waals surface area contributed by atoms with Crippen LogP contribution >= 0.6 is 0 Å². The van der Waals surface area contributed by atoms with Gasteiger partial charge in [0.05, 0.1) is 12.2 Å². The van der Waals surface area contributed by atoms with Gasteiger partial charge in [-0.2, -0.15) is 0 Å². The summed E-state index contributed by atoms with van der Waals surface area (Å²) in [5.41, 5.74) is 0.830. The van der Waals surface area contributed by atoms with Crippen molar-refractivity contribution in [3.63, 3.8) is 0 Å². The Balaban J connectivity index is 1.86. The Morgan fingerprint density at radius 2 is 1.43 bits per heavy atom. The van der Waals surface area contributed by atoms with Gasteiger partial charge in [-0.25, -0.2) is 0 Å². The molecule has 2 aromatic rings. The standard InChI is InChI=1S/C20H23NO2/c1-21-19-17-13-12-16(23-17)18(19)20(22,14-8-4-2-5-9-14)15-10-6-3-7-11-15/h2-11,16-19,21-22H,12-13H2,1H3/t16-,17+,18-,19+/m0/s1. The van der Waals surface area contributed by atoms with Crippen LogP contribution in [0.4, 0.5) is 0 Å². The molecule has 0 aliphatic carbocycles. The van der Waals surface area contributed by atoms with Crippen molar-refractivity contribution in [2.45, 2.75) is 36.7 Å². The zero-order valence-electron chi connectivity index (χ0n) is 13.4. The van der Waals surface area contributed by atoms with E-state index < -0.39 is 5.60 Å². The number of rotatable bonds is 4. The zero-order chi connectivity index (χ0) is 15.9. The van der Waals surface area contributed by atoms with E-state index in [4.69, 9.17) is 4.74 Å². The predicted molar refractivity (Wildman–Crippen MR) is 90.1 cm³/mol. The molecule has 2 aliphatic rings. The summed E-state index contributed by atoms with van der Waals surface area (Å²) in [6.07, 6.45) is 2.40. The van der Waals surface area contributed by atoms with Gasteiger partial charge >= 0.3 is 0 Å². The third-order valence-electron chi connectivity index (χ3n) is 5.52. The molecule has 0 radical (unpaired) electrons. The smallest absolute Gasteiger partial charge is 0.121 e. The van der Waals surface area contributed by atoms with E-state index in [9.17, 15) is 5.11 Å². The molecule has 0 aromatic heterocycles. The van der Waals surface area contributed by atoms with Crippen LogP contribution in [-0.4, -0.2) is 30.4 Å². The Kier molecular flexibility index (Phi) is 3.72. The first-order valence-electron chi connectivity index (χ1n) is 8.41. The maximum Gasteiger partial charge on any atom is 0.121 e. The molecule has 2 aromatic carbocycles. The lowest BCUT2D eigenvalue weighted by Gasteiger charge is -2.42. The quantitative estimate of drug-likeness (QED) is 0.912. The molecule has 0 amide bonds. The van der Waals surface area contributed by atoms with E-state index in [-0.39, 0.29) is 24.2 Å². The van der Waals surface area contributed by atoms with Crippen molar-refractivity contribution in [2.24, 2.45) is 5.92 Å². The summed E-state index contributed by atoms with van der Waals surface area (Å²) in [7, 11) is 1.97. The van der Waals surface area contributed by atoms with Gasteiger partial charge in [0.25, 0.3) is 0 Å².